The summed E-state index contributed by atoms with van der Waals surface area (Å²) in [5, 5.41) is 0. The molecule has 1 amide bonds. The van der Waals surface area contributed by atoms with E-state index in [-0.39, 0.29) is 10.8 Å². The standard InChI is InChI=1S/C19H20N2O5S/c1-13-12-16(9-10-17(13)21-11-3-4-18(21)22)27(24,25)20-15-7-5-14(6-8-15)19(23)26-2/h5-10,12,20H,3-4,11H2,1-2H3. The van der Waals surface area contributed by atoms with Crippen molar-refractivity contribution >= 4 is 33.3 Å². The number of sulfonamides is 1. The van der Waals surface area contributed by atoms with E-state index >= 15 is 0 Å². The van der Waals surface area contributed by atoms with Gasteiger partial charge in [-0.2, -0.15) is 0 Å². The molecular weight excluding hydrogens is 368 g/mol. The second-order valence-corrected chi connectivity index (χ2v) is 7.95. The third-order valence-electron chi connectivity index (χ3n) is 4.40. The summed E-state index contributed by atoms with van der Waals surface area (Å²) in [4.78, 5) is 25.1. The topological polar surface area (TPSA) is 92.8 Å². The SMILES string of the molecule is COC(=O)c1ccc(NS(=O)(=O)c2ccc(N3CCCC3=O)c(C)c2)cc1. The highest BCUT2D eigenvalue weighted by atomic mass is 32.2. The molecule has 2 aromatic carbocycles. The van der Waals surface area contributed by atoms with E-state index in [9.17, 15) is 18.0 Å². The number of amides is 1. The minimum absolute atomic E-state index is 0.0533. The monoisotopic (exact) mass is 388 g/mol. The summed E-state index contributed by atoms with van der Waals surface area (Å²) < 4.78 is 32.4. The number of nitrogens with one attached hydrogen (secondary N) is 1. The van der Waals surface area contributed by atoms with Gasteiger partial charge in [0.25, 0.3) is 10.0 Å². The number of carbonyl (C=O) groups is 2. The van der Waals surface area contributed by atoms with Crippen LogP contribution in [0.5, 0.6) is 0 Å². The number of hydrogen-bond acceptors (Lipinski definition) is 5. The third-order valence-corrected chi connectivity index (χ3v) is 5.78. The van der Waals surface area contributed by atoms with Crippen LogP contribution in [0.15, 0.2) is 47.4 Å². The van der Waals surface area contributed by atoms with E-state index in [0.29, 0.717) is 29.8 Å². The number of anilines is 2. The van der Waals surface area contributed by atoms with Gasteiger partial charge in [0.2, 0.25) is 5.91 Å². The number of esters is 1. The molecule has 0 spiro atoms. The van der Waals surface area contributed by atoms with Gasteiger partial charge in [-0.25, -0.2) is 13.2 Å². The predicted octanol–water partition coefficient (Wildman–Crippen LogP) is 2.71. The smallest absolute Gasteiger partial charge is 0.337 e. The Labute approximate surface area is 158 Å². The number of nitrogens with zero attached hydrogens (tertiary/aromatic N) is 1. The molecule has 0 radical (unpaired) electrons. The molecule has 8 heteroatoms. The van der Waals surface area contributed by atoms with Gasteiger partial charge in [-0.1, -0.05) is 0 Å². The number of ether oxygens (including phenoxy) is 1. The minimum atomic E-state index is -3.80. The number of aryl methyl sites for hydroxylation is 1. The zero-order chi connectivity index (χ0) is 19.6. The van der Waals surface area contributed by atoms with E-state index in [4.69, 9.17) is 0 Å². The van der Waals surface area contributed by atoms with E-state index in [1.165, 1.54) is 37.4 Å². The third kappa shape index (κ3) is 3.95. The van der Waals surface area contributed by atoms with Gasteiger partial charge in [0.05, 0.1) is 17.6 Å². The van der Waals surface area contributed by atoms with Crippen LogP contribution in [-0.2, 0) is 19.6 Å². The Hall–Kier alpha value is -2.87. The normalized spacial score (nSPS) is 14.3. The Bertz CT molecular complexity index is 984. The molecule has 1 aliphatic heterocycles. The summed E-state index contributed by atoms with van der Waals surface area (Å²) in [6.07, 6.45) is 1.32. The van der Waals surface area contributed by atoms with Crippen molar-refractivity contribution in [2.45, 2.75) is 24.7 Å². The molecule has 0 atom stereocenters. The van der Waals surface area contributed by atoms with E-state index in [1.54, 1.807) is 24.0 Å². The van der Waals surface area contributed by atoms with Crippen molar-refractivity contribution < 1.29 is 22.7 Å². The zero-order valence-electron chi connectivity index (χ0n) is 15.1. The van der Waals surface area contributed by atoms with Crippen LogP contribution in [0, 0.1) is 6.92 Å². The quantitative estimate of drug-likeness (QED) is 0.795. The van der Waals surface area contributed by atoms with Crippen molar-refractivity contribution in [3.05, 3.63) is 53.6 Å². The number of benzene rings is 2. The van der Waals surface area contributed by atoms with Gasteiger partial charge in [0.1, 0.15) is 0 Å². The highest BCUT2D eigenvalue weighted by Gasteiger charge is 2.24. The lowest BCUT2D eigenvalue weighted by Gasteiger charge is -2.19. The Kier molecular flexibility index (Phi) is 5.18. The first-order valence-electron chi connectivity index (χ1n) is 8.44. The van der Waals surface area contributed by atoms with Gasteiger partial charge in [0.15, 0.2) is 0 Å². The maximum absolute atomic E-state index is 12.6. The van der Waals surface area contributed by atoms with Gasteiger partial charge in [-0.05, 0) is 61.4 Å². The first-order valence-corrected chi connectivity index (χ1v) is 9.92. The van der Waals surface area contributed by atoms with Crippen LogP contribution >= 0.6 is 0 Å². The van der Waals surface area contributed by atoms with Crippen molar-refractivity contribution in [1.29, 1.82) is 0 Å². The van der Waals surface area contributed by atoms with Gasteiger partial charge in [-0.15, -0.1) is 0 Å². The van der Waals surface area contributed by atoms with Crippen LogP contribution in [0.1, 0.15) is 28.8 Å². The van der Waals surface area contributed by atoms with Crippen molar-refractivity contribution in [2.24, 2.45) is 0 Å². The maximum atomic E-state index is 12.6. The summed E-state index contributed by atoms with van der Waals surface area (Å²) in [6.45, 7) is 2.43. The van der Waals surface area contributed by atoms with Gasteiger partial charge >= 0.3 is 5.97 Å². The number of carbonyl (C=O) groups excluding carboxylic acids is 2. The lowest BCUT2D eigenvalue weighted by Crippen LogP contribution is -2.24. The van der Waals surface area contributed by atoms with E-state index in [2.05, 4.69) is 9.46 Å². The van der Waals surface area contributed by atoms with Crippen LogP contribution in [0.25, 0.3) is 0 Å². The van der Waals surface area contributed by atoms with E-state index in [0.717, 1.165) is 12.1 Å². The minimum Gasteiger partial charge on any atom is -0.465 e. The molecule has 0 aliphatic carbocycles. The average Bonchev–Trinajstić information content (AvgIpc) is 3.07. The Morgan fingerprint density at radius 2 is 1.85 bits per heavy atom. The molecule has 1 heterocycles. The summed E-state index contributed by atoms with van der Waals surface area (Å²) in [5.41, 5.74) is 2.11. The highest BCUT2D eigenvalue weighted by molar-refractivity contribution is 7.92. The molecule has 27 heavy (non-hydrogen) atoms. The molecule has 142 valence electrons. The first-order chi connectivity index (χ1) is 12.8. The van der Waals surface area contributed by atoms with Crippen LogP contribution in [0.3, 0.4) is 0 Å². The number of hydrogen-bond donors (Lipinski definition) is 1. The molecule has 1 saturated heterocycles. The second kappa shape index (κ2) is 7.40. The van der Waals surface area contributed by atoms with Crippen molar-refractivity contribution in [3.8, 4) is 0 Å². The average molecular weight is 388 g/mol. The Morgan fingerprint density at radius 3 is 2.41 bits per heavy atom. The lowest BCUT2D eigenvalue weighted by atomic mass is 10.2. The largest absolute Gasteiger partial charge is 0.465 e. The molecule has 1 fully saturated rings. The van der Waals surface area contributed by atoms with Crippen LogP contribution < -0.4 is 9.62 Å². The van der Waals surface area contributed by atoms with Gasteiger partial charge < -0.3 is 9.64 Å². The Morgan fingerprint density at radius 1 is 1.15 bits per heavy atom. The highest BCUT2D eigenvalue weighted by Crippen LogP contribution is 2.28. The molecule has 0 aromatic heterocycles. The fourth-order valence-corrected chi connectivity index (χ4v) is 4.15. The van der Waals surface area contributed by atoms with Crippen LogP contribution in [0.4, 0.5) is 11.4 Å². The van der Waals surface area contributed by atoms with Crippen molar-refractivity contribution in [1.82, 2.24) is 0 Å². The fraction of sp³-hybridized carbons (Fsp3) is 0.263. The second-order valence-electron chi connectivity index (χ2n) is 6.27. The molecule has 0 unspecified atom stereocenters. The molecule has 3 rings (SSSR count). The maximum Gasteiger partial charge on any atom is 0.337 e. The predicted molar refractivity (Wildman–Crippen MR) is 101 cm³/mol. The summed E-state index contributed by atoms with van der Waals surface area (Å²) >= 11 is 0. The van der Waals surface area contributed by atoms with Gasteiger partial charge in [-0.3, -0.25) is 9.52 Å². The lowest BCUT2D eigenvalue weighted by molar-refractivity contribution is -0.117. The molecule has 0 saturated carbocycles. The first kappa shape index (κ1) is 18.9. The van der Waals surface area contributed by atoms with Crippen LogP contribution in [-0.4, -0.2) is 33.9 Å². The van der Waals surface area contributed by atoms with Gasteiger partial charge in [0, 0.05) is 24.3 Å². The molecule has 1 N–H and O–H groups in total. The molecule has 2 aromatic rings. The molecule has 0 bridgehead atoms. The fourth-order valence-electron chi connectivity index (χ4n) is 3.01. The van der Waals surface area contributed by atoms with E-state index < -0.39 is 16.0 Å². The van der Waals surface area contributed by atoms with E-state index in [1.807, 2.05) is 0 Å². The molecule has 7 nitrogen and oxygen atoms in total. The zero-order valence-corrected chi connectivity index (χ0v) is 15.9. The van der Waals surface area contributed by atoms with Crippen LogP contribution in [0.2, 0.25) is 0 Å². The Balaban J connectivity index is 1.81. The van der Waals surface area contributed by atoms with Crippen molar-refractivity contribution in [2.75, 3.05) is 23.3 Å². The summed E-state index contributed by atoms with van der Waals surface area (Å²) in [7, 11) is -2.52. The molecular formula is C19H20N2O5S. The number of methoxy groups -OCH3 is 1. The summed E-state index contributed by atoms with van der Waals surface area (Å²) in [6, 6.07) is 10.6. The molecule has 1 aliphatic rings. The summed E-state index contributed by atoms with van der Waals surface area (Å²) in [5.74, 6) is -0.440. The number of rotatable bonds is 5. The van der Waals surface area contributed by atoms with Crippen molar-refractivity contribution in [3.63, 3.8) is 0 Å².